The lowest BCUT2D eigenvalue weighted by atomic mass is 10.1. The first kappa shape index (κ1) is 12.0. The maximum Gasteiger partial charge on any atom is 0.129 e. The Morgan fingerprint density at radius 3 is 3.00 bits per heavy atom. The van der Waals surface area contributed by atoms with Gasteiger partial charge in [-0.05, 0) is 43.7 Å². The standard InChI is InChI=1S/C15H23N3/c16-11-13-6-2-1-3-10-18(13)15-9-8-12-5-4-7-14(12)17-15/h8-9,13H,1-7,10-11,16H2. The number of nitrogens with zero attached hydrogens (tertiary/aromatic N) is 2. The average Bonchev–Trinajstić information content (AvgIpc) is 2.74. The Morgan fingerprint density at radius 2 is 2.11 bits per heavy atom. The van der Waals surface area contributed by atoms with Gasteiger partial charge < -0.3 is 10.6 Å². The first-order chi connectivity index (χ1) is 8.88. The molecule has 2 N–H and O–H groups in total. The first-order valence-electron chi connectivity index (χ1n) is 7.34. The highest BCUT2D eigenvalue weighted by Crippen LogP contribution is 2.26. The molecule has 0 spiro atoms. The molecule has 3 nitrogen and oxygen atoms in total. The molecule has 1 unspecified atom stereocenters. The Kier molecular flexibility index (Phi) is 3.50. The van der Waals surface area contributed by atoms with Gasteiger partial charge in [0, 0.05) is 24.8 Å². The summed E-state index contributed by atoms with van der Waals surface area (Å²) in [5.74, 6) is 1.16. The normalized spacial score (nSPS) is 23.8. The lowest BCUT2D eigenvalue weighted by Crippen LogP contribution is -2.40. The molecule has 1 atom stereocenters. The number of fused-ring (bicyclic) bond motifs is 1. The van der Waals surface area contributed by atoms with E-state index in [1.165, 1.54) is 49.8 Å². The molecule has 98 valence electrons. The summed E-state index contributed by atoms with van der Waals surface area (Å²) in [4.78, 5) is 7.34. The predicted molar refractivity (Wildman–Crippen MR) is 74.9 cm³/mol. The number of anilines is 1. The van der Waals surface area contributed by atoms with Crippen LogP contribution in [-0.2, 0) is 12.8 Å². The second kappa shape index (κ2) is 5.27. The number of aryl methyl sites for hydroxylation is 2. The van der Waals surface area contributed by atoms with Crippen LogP contribution in [-0.4, -0.2) is 24.1 Å². The van der Waals surface area contributed by atoms with E-state index in [0.29, 0.717) is 6.04 Å². The average molecular weight is 245 g/mol. The highest BCUT2D eigenvalue weighted by atomic mass is 15.2. The van der Waals surface area contributed by atoms with Crippen molar-refractivity contribution in [1.29, 1.82) is 0 Å². The summed E-state index contributed by atoms with van der Waals surface area (Å²) in [6.45, 7) is 1.87. The molecule has 3 heteroatoms. The second-order valence-corrected chi connectivity index (χ2v) is 5.56. The largest absolute Gasteiger partial charge is 0.352 e. The van der Waals surface area contributed by atoms with Gasteiger partial charge >= 0.3 is 0 Å². The third-order valence-electron chi connectivity index (χ3n) is 4.36. The van der Waals surface area contributed by atoms with Crippen LogP contribution in [0.25, 0.3) is 0 Å². The molecule has 0 radical (unpaired) electrons. The molecular formula is C15H23N3. The summed E-state index contributed by atoms with van der Waals surface area (Å²) in [5.41, 5.74) is 8.73. The summed E-state index contributed by atoms with van der Waals surface area (Å²) in [5, 5.41) is 0. The van der Waals surface area contributed by atoms with E-state index in [4.69, 9.17) is 10.7 Å². The van der Waals surface area contributed by atoms with Crippen LogP contribution in [0.2, 0.25) is 0 Å². The summed E-state index contributed by atoms with van der Waals surface area (Å²) in [7, 11) is 0. The van der Waals surface area contributed by atoms with Gasteiger partial charge in [-0.3, -0.25) is 0 Å². The number of rotatable bonds is 2. The third-order valence-corrected chi connectivity index (χ3v) is 4.36. The van der Waals surface area contributed by atoms with E-state index >= 15 is 0 Å². The number of hydrogen-bond acceptors (Lipinski definition) is 3. The maximum atomic E-state index is 5.94. The molecular weight excluding hydrogens is 222 g/mol. The van der Waals surface area contributed by atoms with Crippen molar-refractivity contribution in [2.75, 3.05) is 18.0 Å². The topological polar surface area (TPSA) is 42.1 Å². The van der Waals surface area contributed by atoms with E-state index in [2.05, 4.69) is 17.0 Å². The van der Waals surface area contributed by atoms with E-state index in [-0.39, 0.29) is 0 Å². The zero-order valence-electron chi connectivity index (χ0n) is 11.1. The number of hydrogen-bond donors (Lipinski definition) is 1. The zero-order chi connectivity index (χ0) is 12.4. The fourth-order valence-electron chi connectivity index (χ4n) is 3.29. The van der Waals surface area contributed by atoms with Gasteiger partial charge in [0.2, 0.25) is 0 Å². The van der Waals surface area contributed by atoms with Gasteiger partial charge in [-0.15, -0.1) is 0 Å². The van der Waals surface area contributed by atoms with Crippen LogP contribution in [0.15, 0.2) is 12.1 Å². The molecule has 3 rings (SSSR count). The molecule has 1 fully saturated rings. The lowest BCUT2D eigenvalue weighted by Gasteiger charge is -2.30. The molecule has 0 saturated carbocycles. The van der Waals surface area contributed by atoms with Gasteiger partial charge in [0.1, 0.15) is 5.82 Å². The number of nitrogens with two attached hydrogens (primary N) is 1. The quantitative estimate of drug-likeness (QED) is 0.869. The van der Waals surface area contributed by atoms with Crippen molar-refractivity contribution in [2.24, 2.45) is 5.73 Å². The van der Waals surface area contributed by atoms with Crippen molar-refractivity contribution in [3.05, 3.63) is 23.4 Å². The van der Waals surface area contributed by atoms with Crippen LogP contribution in [0, 0.1) is 0 Å². The summed E-state index contributed by atoms with van der Waals surface area (Å²) in [6.07, 6.45) is 8.77. The molecule has 0 aromatic carbocycles. The Morgan fingerprint density at radius 1 is 1.17 bits per heavy atom. The summed E-state index contributed by atoms with van der Waals surface area (Å²) < 4.78 is 0. The van der Waals surface area contributed by atoms with Gasteiger partial charge in [-0.25, -0.2) is 4.98 Å². The van der Waals surface area contributed by atoms with Crippen molar-refractivity contribution in [1.82, 2.24) is 4.98 Å². The van der Waals surface area contributed by atoms with Crippen LogP contribution in [0.4, 0.5) is 5.82 Å². The highest BCUT2D eigenvalue weighted by Gasteiger charge is 2.22. The monoisotopic (exact) mass is 245 g/mol. The molecule has 18 heavy (non-hydrogen) atoms. The number of aromatic nitrogens is 1. The Balaban J connectivity index is 1.87. The van der Waals surface area contributed by atoms with Crippen LogP contribution >= 0.6 is 0 Å². The van der Waals surface area contributed by atoms with E-state index in [9.17, 15) is 0 Å². The van der Waals surface area contributed by atoms with E-state index in [0.717, 1.165) is 25.3 Å². The minimum Gasteiger partial charge on any atom is -0.352 e. The fourth-order valence-corrected chi connectivity index (χ4v) is 3.29. The molecule has 1 aliphatic heterocycles. The SMILES string of the molecule is NCC1CCCCCN1c1ccc2c(n1)CCC2. The van der Waals surface area contributed by atoms with Crippen molar-refractivity contribution in [3.8, 4) is 0 Å². The van der Waals surface area contributed by atoms with Crippen LogP contribution in [0.3, 0.4) is 0 Å². The second-order valence-electron chi connectivity index (χ2n) is 5.56. The predicted octanol–water partition coefficient (Wildman–Crippen LogP) is 2.28. The maximum absolute atomic E-state index is 5.94. The number of pyridine rings is 1. The Labute approximate surface area is 109 Å². The van der Waals surface area contributed by atoms with Crippen LogP contribution in [0.1, 0.15) is 43.4 Å². The minimum absolute atomic E-state index is 0.486. The summed E-state index contributed by atoms with van der Waals surface area (Å²) in [6, 6.07) is 4.97. The molecule has 1 aromatic heterocycles. The lowest BCUT2D eigenvalue weighted by molar-refractivity contribution is 0.575. The van der Waals surface area contributed by atoms with Gasteiger partial charge in [0.05, 0.1) is 0 Å². The molecule has 2 aliphatic rings. The molecule has 1 saturated heterocycles. The van der Waals surface area contributed by atoms with E-state index in [1.807, 2.05) is 0 Å². The highest BCUT2D eigenvalue weighted by molar-refractivity contribution is 5.44. The molecule has 1 aromatic rings. The van der Waals surface area contributed by atoms with Gasteiger partial charge in [-0.1, -0.05) is 18.9 Å². The Hall–Kier alpha value is -1.09. The molecule has 0 bridgehead atoms. The smallest absolute Gasteiger partial charge is 0.129 e. The van der Waals surface area contributed by atoms with Crippen LogP contribution < -0.4 is 10.6 Å². The van der Waals surface area contributed by atoms with Crippen molar-refractivity contribution >= 4 is 5.82 Å². The first-order valence-corrected chi connectivity index (χ1v) is 7.34. The third kappa shape index (κ3) is 2.24. The minimum atomic E-state index is 0.486. The molecule has 2 heterocycles. The van der Waals surface area contributed by atoms with Gasteiger partial charge in [0.15, 0.2) is 0 Å². The zero-order valence-corrected chi connectivity index (χ0v) is 11.1. The van der Waals surface area contributed by atoms with Gasteiger partial charge in [-0.2, -0.15) is 0 Å². The van der Waals surface area contributed by atoms with Crippen molar-refractivity contribution in [2.45, 2.75) is 51.0 Å². The van der Waals surface area contributed by atoms with E-state index in [1.54, 1.807) is 0 Å². The molecule has 0 amide bonds. The summed E-state index contributed by atoms with van der Waals surface area (Å²) >= 11 is 0. The fraction of sp³-hybridized carbons (Fsp3) is 0.667. The van der Waals surface area contributed by atoms with Gasteiger partial charge in [0.25, 0.3) is 0 Å². The van der Waals surface area contributed by atoms with Crippen molar-refractivity contribution < 1.29 is 0 Å². The van der Waals surface area contributed by atoms with E-state index < -0.39 is 0 Å². The molecule has 1 aliphatic carbocycles. The Bertz CT molecular complexity index is 416. The van der Waals surface area contributed by atoms with Crippen LogP contribution in [0.5, 0.6) is 0 Å². The van der Waals surface area contributed by atoms with Crippen molar-refractivity contribution in [3.63, 3.8) is 0 Å².